The van der Waals surface area contributed by atoms with E-state index in [1.807, 2.05) is 12.1 Å². The Balaban J connectivity index is 1.95. The molecule has 0 saturated carbocycles. The molecule has 0 unspecified atom stereocenters. The highest BCUT2D eigenvalue weighted by molar-refractivity contribution is 5.93. The SMILES string of the molecule is O=C(CCc1cccnc1)c1cnccn1. The van der Waals surface area contributed by atoms with Gasteiger partial charge in [-0.05, 0) is 18.1 Å². The summed E-state index contributed by atoms with van der Waals surface area (Å²) in [6.07, 6.45) is 9.17. The largest absolute Gasteiger partial charge is 0.292 e. The average Bonchev–Trinajstić information content (AvgIpc) is 2.38. The second kappa shape index (κ2) is 5.11. The maximum atomic E-state index is 11.7. The highest BCUT2D eigenvalue weighted by Crippen LogP contribution is 2.04. The van der Waals surface area contributed by atoms with Crippen molar-refractivity contribution in [1.82, 2.24) is 15.0 Å². The van der Waals surface area contributed by atoms with Gasteiger partial charge in [-0.2, -0.15) is 0 Å². The van der Waals surface area contributed by atoms with Gasteiger partial charge >= 0.3 is 0 Å². The fraction of sp³-hybridized carbons (Fsp3) is 0.167. The molecule has 2 aromatic rings. The summed E-state index contributed by atoms with van der Waals surface area (Å²) >= 11 is 0. The number of rotatable bonds is 4. The van der Waals surface area contributed by atoms with Crippen LogP contribution in [0.15, 0.2) is 43.1 Å². The Labute approximate surface area is 93.4 Å². The smallest absolute Gasteiger partial charge is 0.183 e. The summed E-state index contributed by atoms with van der Waals surface area (Å²) in [5, 5.41) is 0. The summed E-state index contributed by atoms with van der Waals surface area (Å²) < 4.78 is 0. The van der Waals surface area contributed by atoms with Crippen LogP contribution in [0.2, 0.25) is 0 Å². The van der Waals surface area contributed by atoms with Crippen LogP contribution in [-0.2, 0) is 6.42 Å². The van der Waals surface area contributed by atoms with E-state index in [1.54, 1.807) is 18.6 Å². The molecule has 0 N–H and O–H groups in total. The molecule has 2 rings (SSSR count). The first-order chi connectivity index (χ1) is 7.86. The van der Waals surface area contributed by atoms with Crippen LogP contribution in [0.1, 0.15) is 22.5 Å². The van der Waals surface area contributed by atoms with Gasteiger partial charge in [-0.25, -0.2) is 4.98 Å². The number of aryl methyl sites for hydroxylation is 1. The van der Waals surface area contributed by atoms with E-state index in [1.165, 1.54) is 12.4 Å². The Morgan fingerprint density at radius 3 is 2.69 bits per heavy atom. The molecule has 0 atom stereocenters. The summed E-state index contributed by atoms with van der Waals surface area (Å²) in [5.74, 6) is 0.0111. The standard InChI is InChI=1S/C12H11N3O/c16-12(11-9-14-6-7-15-11)4-3-10-2-1-5-13-8-10/h1-2,5-9H,3-4H2. The predicted octanol–water partition coefficient (Wildman–Crippen LogP) is 1.69. The molecule has 16 heavy (non-hydrogen) atoms. The van der Waals surface area contributed by atoms with E-state index in [0.29, 0.717) is 18.5 Å². The van der Waals surface area contributed by atoms with Crippen LogP contribution in [0.5, 0.6) is 0 Å². The number of carbonyl (C=O) groups excluding carboxylic acids is 1. The normalized spacial score (nSPS) is 10.0. The monoisotopic (exact) mass is 213 g/mol. The van der Waals surface area contributed by atoms with Gasteiger partial charge in [-0.15, -0.1) is 0 Å². The second-order valence-electron chi connectivity index (χ2n) is 3.38. The Hall–Kier alpha value is -2.10. The number of hydrogen-bond donors (Lipinski definition) is 0. The molecule has 0 aliphatic rings. The van der Waals surface area contributed by atoms with Crippen molar-refractivity contribution < 1.29 is 4.79 Å². The predicted molar refractivity (Wildman–Crippen MR) is 58.9 cm³/mol. The first-order valence-electron chi connectivity index (χ1n) is 5.04. The van der Waals surface area contributed by atoms with E-state index in [2.05, 4.69) is 15.0 Å². The number of ketones is 1. The number of pyridine rings is 1. The quantitative estimate of drug-likeness (QED) is 0.725. The van der Waals surface area contributed by atoms with Crippen LogP contribution in [0.4, 0.5) is 0 Å². The molecule has 4 heteroatoms. The molecule has 0 aliphatic carbocycles. The zero-order chi connectivity index (χ0) is 11.2. The fourth-order valence-electron chi connectivity index (χ4n) is 1.38. The minimum absolute atomic E-state index is 0.0111. The highest BCUT2D eigenvalue weighted by Gasteiger charge is 2.06. The van der Waals surface area contributed by atoms with E-state index < -0.39 is 0 Å². The minimum Gasteiger partial charge on any atom is -0.292 e. The van der Waals surface area contributed by atoms with Gasteiger partial charge in [0.1, 0.15) is 5.69 Å². The van der Waals surface area contributed by atoms with Gasteiger partial charge in [0.15, 0.2) is 5.78 Å². The van der Waals surface area contributed by atoms with E-state index >= 15 is 0 Å². The van der Waals surface area contributed by atoms with Crippen LogP contribution in [0.25, 0.3) is 0 Å². The van der Waals surface area contributed by atoms with Crippen LogP contribution in [0.3, 0.4) is 0 Å². The number of nitrogens with zero attached hydrogens (tertiary/aromatic N) is 3. The lowest BCUT2D eigenvalue weighted by Crippen LogP contribution is -2.04. The van der Waals surface area contributed by atoms with Gasteiger partial charge in [-0.3, -0.25) is 14.8 Å². The van der Waals surface area contributed by atoms with Crippen LogP contribution >= 0.6 is 0 Å². The summed E-state index contributed by atoms with van der Waals surface area (Å²) in [5.41, 5.74) is 1.48. The van der Waals surface area contributed by atoms with Crippen molar-refractivity contribution in [1.29, 1.82) is 0 Å². The zero-order valence-electron chi connectivity index (χ0n) is 8.71. The van der Waals surface area contributed by atoms with E-state index in [-0.39, 0.29) is 5.78 Å². The first-order valence-corrected chi connectivity index (χ1v) is 5.04. The van der Waals surface area contributed by atoms with Crippen molar-refractivity contribution in [2.75, 3.05) is 0 Å². The fourth-order valence-corrected chi connectivity index (χ4v) is 1.38. The molecular weight excluding hydrogens is 202 g/mol. The number of aromatic nitrogens is 3. The molecule has 0 radical (unpaired) electrons. The van der Waals surface area contributed by atoms with Gasteiger partial charge in [0.25, 0.3) is 0 Å². The molecule has 4 nitrogen and oxygen atoms in total. The molecule has 2 heterocycles. The Kier molecular flexibility index (Phi) is 3.33. The van der Waals surface area contributed by atoms with Crippen molar-refractivity contribution in [3.63, 3.8) is 0 Å². The van der Waals surface area contributed by atoms with E-state index in [4.69, 9.17) is 0 Å². The summed E-state index contributed by atoms with van der Waals surface area (Å²) in [4.78, 5) is 23.5. The maximum absolute atomic E-state index is 11.7. The van der Waals surface area contributed by atoms with Gasteiger partial charge < -0.3 is 0 Å². The second-order valence-corrected chi connectivity index (χ2v) is 3.38. The molecule has 2 aromatic heterocycles. The molecule has 0 aliphatic heterocycles. The van der Waals surface area contributed by atoms with Crippen molar-refractivity contribution in [3.8, 4) is 0 Å². The molecule has 0 amide bonds. The Morgan fingerprint density at radius 2 is 2.00 bits per heavy atom. The molecule has 0 bridgehead atoms. The van der Waals surface area contributed by atoms with Crippen molar-refractivity contribution in [3.05, 3.63) is 54.4 Å². The molecule has 80 valence electrons. The summed E-state index contributed by atoms with van der Waals surface area (Å²) in [6, 6.07) is 3.82. The Bertz CT molecular complexity index is 456. The topological polar surface area (TPSA) is 55.7 Å². The van der Waals surface area contributed by atoms with Crippen LogP contribution in [0, 0.1) is 0 Å². The number of Topliss-reactive ketones (excluding diaryl/α,β-unsaturated/α-hetero) is 1. The van der Waals surface area contributed by atoms with Gasteiger partial charge in [0, 0.05) is 31.2 Å². The molecule has 0 fully saturated rings. The third-order valence-corrected chi connectivity index (χ3v) is 2.21. The van der Waals surface area contributed by atoms with Crippen molar-refractivity contribution in [2.45, 2.75) is 12.8 Å². The lowest BCUT2D eigenvalue weighted by atomic mass is 10.1. The average molecular weight is 213 g/mol. The number of carbonyl (C=O) groups is 1. The van der Waals surface area contributed by atoms with Gasteiger partial charge in [0.2, 0.25) is 0 Å². The maximum Gasteiger partial charge on any atom is 0.183 e. The van der Waals surface area contributed by atoms with E-state index in [0.717, 1.165) is 5.56 Å². The van der Waals surface area contributed by atoms with Crippen molar-refractivity contribution >= 4 is 5.78 Å². The number of hydrogen-bond acceptors (Lipinski definition) is 4. The van der Waals surface area contributed by atoms with Gasteiger partial charge in [-0.1, -0.05) is 6.07 Å². The lowest BCUT2D eigenvalue weighted by molar-refractivity contribution is 0.0977. The lowest BCUT2D eigenvalue weighted by Gasteiger charge is -1.99. The third-order valence-electron chi connectivity index (χ3n) is 2.21. The molecular formula is C12H11N3O. The van der Waals surface area contributed by atoms with Crippen LogP contribution < -0.4 is 0 Å². The minimum atomic E-state index is 0.0111. The molecule has 0 spiro atoms. The summed E-state index contributed by atoms with van der Waals surface area (Å²) in [6.45, 7) is 0. The van der Waals surface area contributed by atoms with Crippen molar-refractivity contribution in [2.24, 2.45) is 0 Å². The first kappa shape index (κ1) is 10.4. The van der Waals surface area contributed by atoms with E-state index in [9.17, 15) is 4.79 Å². The molecule has 0 saturated heterocycles. The zero-order valence-corrected chi connectivity index (χ0v) is 8.71. The Morgan fingerprint density at radius 1 is 1.12 bits per heavy atom. The third kappa shape index (κ3) is 2.70. The molecule has 0 aromatic carbocycles. The highest BCUT2D eigenvalue weighted by atomic mass is 16.1. The summed E-state index contributed by atoms with van der Waals surface area (Å²) in [7, 11) is 0. The van der Waals surface area contributed by atoms with Gasteiger partial charge in [0.05, 0.1) is 6.20 Å². The van der Waals surface area contributed by atoms with Crippen LogP contribution in [-0.4, -0.2) is 20.7 Å².